The number of nitrogens with zero attached hydrogens (tertiary/aromatic N) is 1. The highest BCUT2D eigenvalue weighted by Gasteiger charge is 2.32. The Labute approximate surface area is 219 Å². The average Bonchev–Trinajstić information content (AvgIpc) is 2.89. The van der Waals surface area contributed by atoms with Crippen molar-refractivity contribution in [2.24, 2.45) is 5.92 Å². The lowest BCUT2D eigenvalue weighted by atomic mass is 10.0. The molecule has 0 unspecified atom stereocenters. The van der Waals surface area contributed by atoms with Crippen LogP contribution < -0.4 is 20.7 Å². The van der Waals surface area contributed by atoms with E-state index in [1.165, 1.54) is 4.90 Å². The van der Waals surface area contributed by atoms with Gasteiger partial charge in [-0.3, -0.25) is 14.4 Å². The highest BCUT2D eigenvalue weighted by atomic mass is 16.5. The maximum atomic E-state index is 13.3. The van der Waals surface area contributed by atoms with Crippen LogP contribution in [0.4, 0.5) is 0 Å². The molecule has 0 spiro atoms. The number of benzene rings is 2. The maximum absolute atomic E-state index is 13.3. The van der Waals surface area contributed by atoms with E-state index in [-0.39, 0.29) is 23.6 Å². The zero-order valence-corrected chi connectivity index (χ0v) is 22.1. The minimum Gasteiger partial charge on any atom is -0.492 e. The molecule has 0 aromatic heterocycles. The molecule has 8 heteroatoms. The first kappa shape index (κ1) is 27.9. The van der Waals surface area contributed by atoms with Gasteiger partial charge in [0.15, 0.2) is 0 Å². The molecule has 3 rings (SSSR count). The van der Waals surface area contributed by atoms with Crippen molar-refractivity contribution in [1.82, 2.24) is 20.9 Å². The molecule has 0 saturated carbocycles. The van der Waals surface area contributed by atoms with Gasteiger partial charge in [-0.1, -0.05) is 74.5 Å². The molecule has 3 atom stereocenters. The largest absolute Gasteiger partial charge is 0.492 e. The van der Waals surface area contributed by atoms with Crippen molar-refractivity contribution in [2.45, 2.75) is 45.3 Å². The van der Waals surface area contributed by atoms with Crippen molar-refractivity contribution in [1.29, 1.82) is 0 Å². The minimum atomic E-state index is -0.789. The number of likely N-dealkylation sites (N-methyl/N-ethyl adjacent to an activating group) is 1. The predicted octanol–water partition coefficient (Wildman–Crippen LogP) is 2.40. The molecule has 0 bridgehead atoms. The summed E-state index contributed by atoms with van der Waals surface area (Å²) in [5.74, 6) is -0.145. The summed E-state index contributed by atoms with van der Waals surface area (Å²) in [6, 6.07) is 15.1. The Kier molecular flexibility index (Phi) is 10.3. The topological polar surface area (TPSA) is 99.8 Å². The van der Waals surface area contributed by atoms with E-state index in [4.69, 9.17) is 4.74 Å². The number of ether oxygens (including phenoxy) is 1. The number of hydrogen-bond acceptors (Lipinski definition) is 5. The van der Waals surface area contributed by atoms with Gasteiger partial charge in [0.05, 0.1) is 6.04 Å². The van der Waals surface area contributed by atoms with Crippen LogP contribution in [0.1, 0.15) is 31.9 Å². The minimum absolute atomic E-state index is 0.00244. The molecule has 0 aliphatic carbocycles. The molecule has 2 aromatic carbocycles. The van der Waals surface area contributed by atoms with Crippen LogP contribution in [0.2, 0.25) is 0 Å². The van der Waals surface area contributed by atoms with Crippen LogP contribution >= 0.6 is 0 Å². The SMILES string of the molecule is CC(C)[C@@H]1NCCOc2ccccc2/C=C\CNC(=O)[C@H](Cc2ccccc2)NC(=O)[C@@H](C)N(C)C1=O. The molecule has 0 radical (unpaired) electrons. The fourth-order valence-corrected chi connectivity index (χ4v) is 4.14. The molecular weight excluding hydrogens is 468 g/mol. The zero-order chi connectivity index (χ0) is 26.8. The zero-order valence-electron chi connectivity index (χ0n) is 22.1. The highest BCUT2D eigenvalue weighted by molar-refractivity contribution is 5.93. The lowest BCUT2D eigenvalue weighted by molar-refractivity contribution is -0.141. The predicted molar refractivity (Wildman–Crippen MR) is 145 cm³/mol. The number of carbonyl (C=O) groups is 3. The first-order valence-corrected chi connectivity index (χ1v) is 12.8. The first-order chi connectivity index (χ1) is 17.8. The fourth-order valence-electron chi connectivity index (χ4n) is 4.14. The summed E-state index contributed by atoms with van der Waals surface area (Å²) in [6.45, 7) is 6.72. The van der Waals surface area contributed by atoms with E-state index < -0.39 is 18.1 Å². The Bertz CT molecular complexity index is 1090. The number of fused-ring (bicyclic) bond motifs is 1. The Morgan fingerprint density at radius 2 is 1.70 bits per heavy atom. The van der Waals surface area contributed by atoms with Gasteiger partial charge in [-0.25, -0.2) is 0 Å². The van der Waals surface area contributed by atoms with E-state index in [9.17, 15) is 14.4 Å². The second-order valence-electron chi connectivity index (χ2n) is 9.59. The number of carbonyl (C=O) groups excluding carboxylic acids is 3. The summed E-state index contributed by atoms with van der Waals surface area (Å²) in [7, 11) is 1.62. The van der Waals surface area contributed by atoms with Crippen LogP contribution in [0.5, 0.6) is 5.75 Å². The van der Waals surface area contributed by atoms with E-state index in [0.29, 0.717) is 26.1 Å². The van der Waals surface area contributed by atoms with Gasteiger partial charge in [-0.15, -0.1) is 0 Å². The highest BCUT2D eigenvalue weighted by Crippen LogP contribution is 2.19. The molecule has 1 heterocycles. The van der Waals surface area contributed by atoms with Crippen molar-refractivity contribution < 1.29 is 19.1 Å². The Morgan fingerprint density at radius 1 is 1.00 bits per heavy atom. The third-order valence-electron chi connectivity index (χ3n) is 6.49. The van der Waals surface area contributed by atoms with E-state index >= 15 is 0 Å². The van der Waals surface area contributed by atoms with Crippen LogP contribution in [0.25, 0.3) is 6.08 Å². The molecule has 198 valence electrons. The van der Waals surface area contributed by atoms with Crippen LogP contribution in [-0.2, 0) is 20.8 Å². The average molecular weight is 507 g/mol. The van der Waals surface area contributed by atoms with E-state index in [1.807, 2.05) is 80.6 Å². The van der Waals surface area contributed by atoms with Gasteiger partial charge in [0.1, 0.15) is 24.4 Å². The summed E-state index contributed by atoms with van der Waals surface area (Å²) >= 11 is 0. The molecule has 37 heavy (non-hydrogen) atoms. The summed E-state index contributed by atoms with van der Waals surface area (Å²) < 4.78 is 5.98. The molecule has 0 saturated heterocycles. The normalized spacial score (nSPS) is 23.2. The first-order valence-electron chi connectivity index (χ1n) is 12.8. The Hall–Kier alpha value is -3.65. The lowest BCUT2D eigenvalue weighted by Crippen LogP contribution is -2.57. The number of rotatable bonds is 3. The molecule has 1 aliphatic rings. The molecular formula is C29H38N4O4. The third kappa shape index (κ3) is 7.92. The molecule has 8 nitrogen and oxygen atoms in total. The molecule has 3 amide bonds. The van der Waals surface area contributed by atoms with Gasteiger partial charge in [0.2, 0.25) is 17.7 Å². The Morgan fingerprint density at radius 3 is 2.43 bits per heavy atom. The van der Waals surface area contributed by atoms with Crippen molar-refractivity contribution in [2.75, 3.05) is 26.7 Å². The third-order valence-corrected chi connectivity index (χ3v) is 6.49. The number of para-hydroxylation sites is 1. The second kappa shape index (κ2) is 13.6. The van der Waals surface area contributed by atoms with Crippen LogP contribution in [0, 0.1) is 5.92 Å². The fraction of sp³-hybridized carbons (Fsp3) is 0.414. The summed E-state index contributed by atoms with van der Waals surface area (Å²) in [4.78, 5) is 41.1. The van der Waals surface area contributed by atoms with Crippen LogP contribution in [0.15, 0.2) is 60.7 Å². The van der Waals surface area contributed by atoms with Crippen LogP contribution in [-0.4, -0.2) is 67.5 Å². The van der Waals surface area contributed by atoms with Gasteiger partial charge in [0.25, 0.3) is 0 Å². The number of nitrogens with one attached hydrogen (secondary N) is 3. The summed E-state index contributed by atoms with van der Waals surface area (Å²) in [6.07, 6.45) is 4.08. The summed E-state index contributed by atoms with van der Waals surface area (Å²) in [5, 5.41) is 9.05. The van der Waals surface area contributed by atoms with Crippen molar-refractivity contribution in [3.63, 3.8) is 0 Å². The molecule has 3 N–H and O–H groups in total. The van der Waals surface area contributed by atoms with Crippen molar-refractivity contribution in [3.05, 3.63) is 71.8 Å². The Balaban J connectivity index is 1.87. The van der Waals surface area contributed by atoms with Gasteiger partial charge < -0.3 is 25.6 Å². The van der Waals surface area contributed by atoms with Gasteiger partial charge >= 0.3 is 0 Å². The molecule has 1 aliphatic heterocycles. The second-order valence-corrected chi connectivity index (χ2v) is 9.59. The van der Waals surface area contributed by atoms with Gasteiger partial charge in [-0.2, -0.15) is 0 Å². The van der Waals surface area contributed by atoms with Gasteiger partial charge in [0, 0.05) is 32.1 Å². The van der Waals surface area contributed by atoms with E-state index in [0.717, 1.165) is 16.9 Å². The van der Waals surface area contributed by atoms with Crippen molar-refractivity contribution in [3.8, 4) is 5.75 Å². The van der Waals surface area contributed by atoms with Crippen LogP contribution in [0.3, 0.4) is 0 Å². The van der Waals surface area contributed by atoms with Gasteiger partial charge in [-0.05, 0) is 24.5 Å². The smallest absolute Gasteiger partial charge is 0.243 e. The molecule has 0 fully saturated rings. The maximum Gasteiger partial charge on any atom is 0.243 e. The number of hydrogen-bond donors (Lipinski definition) is 3. The van der Waals surface area contributed by atoms with E-state index in [1.54, 1.807) is 14.0 Å². The standard InChI is InChI=1S/C29H38N4O4/c1-20(2)26-29(36)33(4)21(3)27(34)32-24(19-22-11-6-5-7-12-22)28(35)31-16-10-14-23-13-8-9-15-25(23)37-18-17-30-26/h5-15,20-21,24,26,30H,16-19H2,1-4H3,(H,31,35)(H,32,34)/b14-10-/t21-,24+,26+/m1/s1. The summed E-state index contributed by atoms with van der Waals surface area (Å²) in [5.41, 5.74) is 1.81. The molecule has 2 aromatic rings. The lowest BCUT2D eigenvalue weighted by Gasteiger charge is -2.31. The number of amides is 3. The van der Waals surface area contributed by atoms with E-state index in [2.05, 4.69) is 16.0 Å². The van der Waals surface area contributed by atoms with Crippen molar-refractivity contribution >= 4 is 23.8 Å². The quantitative estimate of drug-likeness (QED) is 0.594. The monoisotopic (exact) mass is 506 g/mol.